The van der Waals surface area contributed by atoms with Crippen molar-refractivity contribution in [3.8, 4) is 0 Å². The Balaban J connectivity index is -0.000000197. The van der Waals surface area contributed by atoms with Gasteiger partial charge in [-0.15, -0.1) is 0 Å². The first-order chi connectivity index (χ1) is 23.9. The quantitative estimate of drug-likeness (QED) is 0.0391. The number of allylic oxidation sites excluding steroid dienone is 3. The summed E-state index contributed by atoms with van der Waals surface area (Å²) < 4.78 is 0. The first-order valence-corrected chi connectivity index (χ1v) is 18.7. The van der Waals surface area contributed by atoms with Crippen molar-refractivity contribution in [1.82, 2.24) is 10.8 Å². The molecule has 302 valence electrons. The Morgan fingerprint density at radius 3 is 1.79 bits per heavy atom. The second-order valence-electron chi connectivity index (χ2n) is 14.6. The van der Waals surface area contributed by atoms with Crippen LogP contribution in [-0.4, -0.2) is 47.5 Å². The molecule has 1 atom stereocenters. The lowest BCUT2D eigenvalue weighted by Gasteiger charge is -2.27. The summed E-state index contributed by atoms with van der Waals surface area (Å²) in [5, 5.41) is 11.6. The van der Waals surface area contributed by atoms with Crippen LogP contribution in [0.25, 0.3) is 0 Å². The molecule has 5 N–H and O–H groups in total. The summed E-state index contributed by atoms with van der Waals surface area (Å²) in [4.78, 5) is 31.7. The van der Waals surface area contributed by atoms with Gasteiger partial charge in [-0.3, -0.25) is 9.59 Å². The zero-order valence-electron chi connectivity index (χ0n) is 35.6. The number of aldehydes is 1. The van der Waals surface area contributed by atoms with Gasteiger partial charge >= 0.3 is 0 Å². The molecule has 0 fully saturated rings. The number of Topliss-reactive ketones (excluding diaryl/α,β-unsaturated/α-hetero) is 1. The molecule has 0 aliphatic rings. The average Bonchev–Trinajstić information content (AvgIpc) is 3.07. The van der Waals surface area contributed by atoms with Crippen molar-refractivity contribution >= 4 is 12.1 Å². The van der Waals surface area contributed by atoms with E-state index in [-0.39, 0.29) is 29.7 Å². The number of nitrogens with one attached hydrogen (secondary N) is 2. The first kappa shape index (κ1) is 55.6. The van der Waals surface area contributed by atoms with Crippen LogP contribution in [0.15, 0.2) is 78.0 Å². The Kier molecular flexibility index (Phi) is 36.0. The maximum absolute atomic E-state index is 10.5. The molecule has 0 saturated carbocycles. The lowest BCUT2D eigenvalue weighted by molar-refractivity contribution is -0.354. The molecule has 0 radical (unpaired) electrons. The number of hydrogen-bond acceptors (Lipinski definition) is 7. The molecule has 0 amide bonds. The highest BCUT2D eigenvalue weighted by atomic mass is 17.2. The fourth-order valence-corrected chi connectivity index (χ4v) is 3.89. The lowest BCUT2D eigenvalue weighted by atomic mass is 9.85. The standard InChI is InChI=1S/C15H24O2.C14H25NO.C7H8.C6H13NO2.C2H6.H2O.H2/c1-12-7-9-13(10-8-12)15(5,6)11-16-17-14(2,3)4;1-12(2)7-5-6-9-15-10-8-13(3)14(4)11-16;1-7-5-3-2-4-6-7;1-3-4-6(7-9)5(2)8;1-2;;/h7-10H,11H2,1-6H3;8,10-12,15H,5-7,9H2,1-4H3;2-6H,1H3;6-7,9H,3-4H2,1-2H3;1-2H3;1H2;1H/b;10-8-,14-13-;;;;;. The summed E-state index contributed by atoms with van der Waals surface area (Å²) in [6, 6.07) is 18.4. The van der Waals surface area contributed by atoms with E-state index in [4.69, 9.17) is 15.0 Å². The molecule has 0 heterocycles. The molecule has 0 aromatic heterocycles. The highest BCUT2D eigenvalue weighted by molar-refractivity contribution is 5.81. The number of aryl methyl sites for hydroxylation is 2. The van der Waals surface area contributed by atoms with Gasteiger partial charge in [0.2, 0.25) is 0 Å². The van der Waals surface area contributed by atoms with E-state index >= 15 is 0 Å². The van der Waals surface area contributed by atoms with Gasteiger partial charge < -0.3 is 16.0 Å². The monoisotopic (exact) mass is 733 g/mol. The van der Waals surface area contributed by atoms with Crippen LogP contribution >= 0.6 is 0 Å². The van der Waals surface area contributed by atoms with Gasteiger partial charge in [-0.1, -0.05) is 133 Å². The van der Waals surface area contributed by atoms with E-state index in [9.17, 15) is 9.59 Å². The van der Waals surface area contributed by atoms with Gasteiger partial charge in [0.15, 0.2) is 0 Å². The van der Waals surface area contributed by atoms with Crippen LogP contribution in [0.2, 0.25) is 0 Å². The predicted molar refractivity (Wildman–Crippen MR) is 224 cm³/mol. The fourth-order valence-electron chi connectivity index (χ4n) is 3.89. The summed E-state index contributed by atoms with van der Waals surface area (Å²) in [6.07, 6.45) is 10.2. The molecule has 0 aliphatic heterocycles. The number of benzene rings is 2. The van der Waals surface area contributed by atoms with Gasteiger partial charge in [0.1, 0.15) is 12.1 Å². The molecule has 8 nitrogen and oxygen atoms in total. The lowest BCUT2D eigenvalue weighted by Crippen LogP contribution is -2.32. The largest absolute Gasteiger partial charge is 0.412 e. The van der Waals surface area contributed by atoms with Crippen LogP contribution in [0.4, 0.5) is 0 Å². The van der Waals surface area contributed by atoms with Crippen LogP contribution in [0.5, 0.6) is 0 Å². The normalized spacial score (nSPS) is 11.8. The van der Waals surface area contributed by atoms with Gasteiger partial charge in [-0.25, -0.2) is 9.78 Å². The Hall–Kier alpha value is -3.14. The van der Waals surface area contributed by atoms with Crippen molar-refractivity contribution in [3.63, 3.8) is 0 Å². The zero-order chi connectivity index (χ0) is 39.9. The number of carbonyl (C=O) groups is 2. The number of hydroxylamine groups is 1. The van der Waals surface area contributed by atoms with Crippen LogP contribution in [0, 0.1) is 19.8 Å². The Bertz CT molecular complexity index is 1190. The maximum Gasteiger partial charge on any atom is 0.148 e. The SMILES string of the molecule is C/C(C=O)=C(C)/C=C\NCCCCC(C)C.CC.CCCC(NO)C(C)=O.Cc1ccc(C(C)(C)COOC(C)(C)C)cc1.Cc1ccccc1.O.[HH]. The number of rotatable bonds is 16. The van der Waals surface area contributed by atoms with Gasteiger partial charge in [-0.05, 0) is 103 Å². The van der Waals surface area contributed by atoms with E-state index in [1.54, 1.807) is 0 Å². The van der Waals surface area contributed by atoms with Crippen molar-refractivity contribution in [2.75, 3.05) is 13.2 Å². The minimum atomic E-state index is -0.366. The Labute approximate surface area is 320 Å². The number of carbonyl (C=O) groups excluding carboxylic acids is 2. The molecule has 0 bridgehead atoms. The van der Waals surface area contributed by atoms with Crippen LogP contribution < -0.4 is 10.8 Å². The van der Waals surface area contributed by atoms with Gasteiger partial charge in [0.25, 0.3) is 0 Å². The third-order valence-corrected chi connectivity index (χ3v) is 7.33. The molecule has 0 saturated heterocycles. The topological polar surface area (TPSA) is 128 Å². The Morgan fingerprint density at radius 2 is 1.40 bits per heavy atom. The second kappa shape index (κ2) is 33.7. The summed E-state index contributed by atoms with van der Waals surface area (Å²) >= 11 is 0. The highest BCUT2D eigenvalue weighted by Crippen LogP contribution is 2.24. The van der Waals surface area contributed by atoms with E-state index < -0.39 is 0 Å². The molecular formula is C44H80N2O6. The molecule has 1 unspecified atom stereocenters. The average molecular weight is 733 g/mol. The molecule has 2 aromatic rings. The van der Waals surface area contributed by atoms with Crippen molar-refractivity contribution in [3.05, 3.63) is 94.7 Å². The molecule has 2 aromatic carbocycles. The van der Waals surface area contributed by atoms with E-state index in [0.29, 0.717) is 13.0 Å². The smallest absolute Gasteiger partial charge is 0.148 e. The predicted octanol–water partition coefficient (Wildman–Crippen LogP) is 10.6. The minimum absolute atomic E-state index is 0. The zero-order valence-corrected chi connectivity index (χ0v) is 35.6. The highest BCUT2D eigenvalue weighted by Gasteiger charge is 2.23. The van der Waals surface area contributed by atoms with Crippen LogP contribution in [-0.2, 0) is 24.8 Å². The van der Waals surface area contributed by atoms with Crippen LogP contribution in [0.1, 0.15) is 140 Å². The summed E-state index contributed by atoms with van der Waals surface area (Å²) in [5.41, 5.74) is 7.32. The minimum Gasteiger partial charge on any atom is -0.412 e. The van der Waals surface area contributed by atoms with Gasteiger partial charge in [0, 0.05) is 13.4 Å². The van der Waals surface area contributed by atoms with E-state index in [2.05, 4.69) is 83.3 Å². The van der Waals surface area contributed by atoms with Crippen molar-refractivity contribution in [2.45, 2.75) is 153 Å². The first-order valence-electron chi connectivity index (χ1n) is 18.7. The molecule has 2 rings (SSSR count). The summed E-state index contributed by atoms with van der Waals surface area (Å²) in [5.74, 6) is 0.787. The van der Waals surface area contributed by atoms with Crippen molar-refractivity contribution in [1.29, 1.82) is 0 Å². The molecule has 0 spiro atoms. The third-order valence-electron chi connectivity index (χ3n) is 7.33. The molecule has 0 aliphatic carbocycles. The summed E-state index contributed by atoms with van der Waals surface area (Å²) in [7, 11) is 0. The van der Waals surface area contributed by atoms with Crippen molar-refractivity contribution in [2.24, 2.45) is 5.92 Å². The van der Waals surface area contributed by atoms with Gasteiger partial charge in [-0.2, -0.15) is 5.48 Å². The molecule has 52 heavy (non-hydrogen) atoms. The number of ketones is 1. The second-order valence-corrected chi connectivity index (χ2v) is 14.6. The van der Waals surface area contributed by atoms with E-state index in [1.165, 1.54) is 42.9 Å². The Morgan fingerprint density at radius 1 is 0.865 bits per heavy atom. The molecular weight excluding hydrogens is 652 g/mol. The number of hydrogen-bond donors (Lipinski definition) is 3. The van der Waals surface area contributed by atoms with Gasteiger partial charge in [0.05, 0.1) is 18.2 Å². The number of unbranched alkanes of at least 4 members (excludes halogenated alkanes) is 1. The maximum atomic E-state index is 10.5. The van der Waals surface area contributed by atoms with Crippen molar-refractivity contribution < 1.29 is 31.5 Å². The third kappa shape index (κ3) is 34.0. The van der Waals surface area contributed by atoms with E-state index in [1.807, 2.05) is 91.3 Å². The van der Waals surface area contributed by atoms with Crippen LogP contribution in [0.3, 0.4) is 0 Å². The summed E-state index contributed by atoms with van der Waals surface area (Å²) in [6.45, 7) is 31.7. The molecule has 8 heteroatoms. The van der Waals surface area contributed by atoms with E-state index in [0.717, 1.165) is 36.3 Å². The fraction of sp³-hybridized carbons (Fsp3) is 0.591.